The van der Waals surface area contributed by atoms with E-state index in [-0.39, 0.29) is 11.6 Å². The van der Waals surface area contributed by atoms with E-state index in [1.165, 1.54) is 0 Å². The van der Waals surface area contributed by atoms with Crippen molar-refractivity contribution in [3.63, 3.8) is 0 Å². The standard InChI is InChI=1S/C14H16N2O3/c1-9(13-5-3-4-6-15-13)16-8-11-7-12(14(17)18)10(2)19-11/h3-7,9,16H,8H2,1-2H3,(H,17,18)/t9-/m0/s1. The van der Waals surface area contributed by atoms with Gasteiger partial charge >= 0.3 is 5.97 Å². The van der Waals surface area contributed by atoms with E-state index in [1.807, 2.05) is 25.1 Å². The molecule has 2 rings (SSSR count). The van der Waals surface area contributed by atoms with E-state index in [1.54, 1.807) is 19.2 Å². The molecule has 2 heterocycles. The van der Waals surface area contributed by atoms with E-state index in [2.05, 4.69) is 10.3 Å². The maximum Gasteiger partial charge on any atom is 0.339 e. The van der Waals surface area contributed by atoms with Crippen LogP contribution in [0.25, 0.3) is 0 Å². The van der Waals surface area contributed by atoms with Gasteiger partial charge in [0.05, 0.1) is 12.2 Å². The van der Waals surface area contributed by atoms with E-state index >= 15 is 0 Å². The Morgan fingerprint density at radius 3 is 2.89 bits per heavy atom. The number of carboxylic acids is 1. The van der Waals surface area contributed by atoms with Gasteiger partial charge in [0, 0.05) is 12.2 Å². The van der Waals surface area contributed by atoms with Crippen LogP contribution in [-0.4, -0.2) is 16.1 Å². The van der Waals surface area contributed by atoms with Crippen molar-refractivity contribution < 1.29 is 14.3 Å². The van der Waals surface area contributed by atoms with Crippen molar-refractivity contribution in [2.75, 3.05) is 0 Å². The Labute approximate surface area is 111 Å². The summed E-state index contributed by atoms with van der Waals surface area (Å²) in [6.45, 7) is 4.11. The number of carboxylic acid groups (broad SMARTS) is 1. The summed E-state index contributed by atoms with van der Waals surface area (Å²) < 4.78 is 5.40. The van der Waals surface area contributed by atoms with Crippen molar-refractivity contribution in [1.29, 1.82) is 0 Å². The van der Waals surface area contributed by atoms with Gasteiger partial charge in [-0.2, -0.15) is 0 Å². The fourth-order valence-corrected chi connectivity index (χ4v) is 1.83. The highest BCUT2D eigenvalue weighted by Crippen LogP contribution is 2.16. The summed E-state index contributed by atoms with van der Waals surface area (Å²) in [7, 11) is 0. The van der Waals surface area contributed by atoms with E-state index in [0.717, 1.165) is 5.69 Å². The highest BCUT2D eigenvalue weighted by Gasteiger charge is 2.14. The van der Waals surface area contributed by atoms with Gasteiger partial charge in [-0.15, -0.1) is 0 Å². The van der Waals surface area contributed by atoms with Gasteiger partial charge in [0.15, 0.2) is 0 Å². The molecule has 0 aliphatic rings. The van der Waals surface area contributed by atoms with Crippen molar-refractivity contribution in [2.24, 2.45) is 0 Å². The summed E-state index contributed by atoms with van der Waals surface area (Å²) in [4.78, 5) is 15.2. The fourth-order valence-electron chi connectivity index (χ4n) is 1.83. The lowest BCUT2D eigenvalue weighted by atomic mass is 10.2. The second-order valence-electron chi connectivity index (χ2n) is 4.34. The normalized spacial score (nSPS) is 12.3. The maximum atomic E-state index is 10.9. The summed E-state index contributed by atoms with van der Waals surface area (Å²) >= 11 is 0. The third kappa shape index (κ3) is 3.20. The quantitative estimate of drug-likeness (QED) is 0.864. The predicted octanol–water partition coefficient (Wildman–Crippen LogP) is 2.53. The summed E-state index contributed by atoms with van der Waals surface area (Å²) in [5.74, 6) is 0.0674. The molecular formula is C14H16N2O3. The van der Waals surface area contributed by atoms with Crippen LogP contribution in [-0.2, 0) is 6.54 Å². The molecule has 0 bridgehead atoms. The monoisotopic (exact) mass is 260 g/mol. The molecule has 2 aromatic heterocycles. The number of nitrogens with zero attached hydrogens (tertiary/aromatic N) is 1. The van der Waals surface area contributed by atoms with Gasteiger partial charge in [-0.25, -0.2) is 4.79 Å². The largest absolute Gasteiger partial charge is 0.478 e. The number of aromatic nitrogens is 1. The number of hydrogen-bond donors (Lipinski definition) is 2. The first-order valence-electron chi connectivity index (χ1n) is 6.05. The van der Waals surface area contributed by atoms with E-state index in [4.69, 9.17) is 9.52 Å². The average molecular weight is 260 g/mol. The zero-order valence-electron chi connectivity index (χ0n) is 10.9. The van der Waals surface area contributed by atoms with Gasteiger partial charge < -0.3 is 14.8 Å². The van der Waals surface area contributed by atoms with Crippen LogP contribution in [0.2, 0.25) is 0 Å². The lowest BCUT2D eigenvalue weighted by Crippen LogP contribution is -2.18. The topological polar surface area (TPSA) is 75.4 Å². The highest BCUT2D eigenvalue weighted by molar-refractivity contribution is 5.88. The zero-order valence-corrected chi connectivity index (χ0v) is 10.9. The molecule has 0 radical (unpaired) electrons. The molecule has 0 spiro atoms. The molecule has 2 N–H and O–H groups in total. The number of rotatable bonds is 5. The first-order chi connectivity index (χ1) is 9.08. The molecule has 0 aliphatic heterocycles. The molecule has 0 saturated carbocycles. The minimum Gasteiger partial charge on any atom is -0.478 e. The summed E-state index contributed by atoms with van der Waals surface area (Å²) in [6, 6.07) is 7.36. The number of aromatic carboxylic acids is 1. The minimum absolute atomic E-state index is 0.0693. The van der Waals surface area contributed by atoms with Crippen LogP contribution in [0.3, 0.4) is 0 Å². The maximum absolute atomic E-state index is 10.9. The Hall–Kier alpha value is -2.14. The number of pyridine rings is 1. The van der Waals surface area contributed by atoms with Gasteiger partial charge in [-0.05, 0) is 32.0 Å². The number of aryl methyl sites for hydroxylation is 1. The van der Waals surface area contributed by atoms with E-state index in [9.17, 15) is 4.79 Å². The number of nitrogens with one attached hydrogen (secondary N) is 1. The molecule has 2 aromatic rings. The summed E-state index contributed by atoms with van der Waals surface area (Å²) in [5, 5.41) is 12.2. The molecule has 0 aromatic carbocycles. The third-order valence-corrected chi connectivity index (χ3v) is 2.91. The Bertz CT molecular complexity index is 563. The van der Waals surface area contributed by atoms with Crippen molar-refractivity contribution >= 4 is 5.97 Å². The SMILES string of the molecule is Cc1oc(CN[C@@H](C)c2ccccn2)cc1C(=O)O. The smallest absolute Gasteiger partial charge is 0.339 e. The zero-order chi connectivity index (χ0) is 13.8. The average Bonchev–Trinajstić information content (AvgIpc) is 2.78. The van der Waals surface area contributed by atoms with E-state index < -0.39 is 5.97 Å². The van der Waals surface area contributed by atoms with Crippen molar-refractivity contribution in [3.05, 3.63) is 53.2 Å². The Morgan fingerprint density at radius 1 is 1.53 bits per heavy atom. The second kappa shape index (κ2) is 5.67. The fraction of sp³-hybridized carbons (Fsp3) is 0.286. The van der Waals surface area contributed by atoms with Crippen LogP contribution >= 0.6 is 0 Å². The number of hydrogen-bond acceptors (Lipinski definition) is 4. The lowest BCUT2D eigenvalue weighted by Gasteiger charge is -2.11. The van der Waals surface area contributed by atoms with Gasteiger partial charge in [0.1, 0.15) is 17.1 Å². The molecule has 0 saturated heterocycles. The van der Waals surface area contributed by atoms with Gasteiger partial charge in [-0.3, -0.25) is 4.98 Å². The molecule has 0 fully saturated rings. The van der Waals surface area contributed by atoms with Gasteiger partial charge in [-0.1, -0.05) is 6.07 Å². The molecule has 5 nitrogen and oxygen atoms in total. The number of carbonyl (C=O) groups is 1. The Balaban J connectivity index is 1.99. The van der Waals surface area contributed by atoms with Crippen LogP contribution in [0.4, 0.5) is 0 Å². The molecule has 100 valence electrons. The Kier molecular flexibility index (Phi) is 3.97. The first kappa shape index (κ1) is 13.3. The second-order valence-corrected chi connectivity index (χ2v) is 4.34. The van der Waals surface area contributed by atoms with Crippen molar-refractivity contribution in [2.45, 2.75) is 26.4 Å². The Morgan fingerprint density at radius 2 is 2.32 bits per heavy atom. The highest BCUT2D eigenvalue weighted by atomic mass is 16.4. The van der Waals surface area contributed by atoms with Crippen LogP contribution in [0.5, 0.6) is 0 Å². The van der Waals surface area contributed by atoms with Crippen LogP contribution in [0.1, 0.15) is 40.5 Å². The molecular weight excluding hydrogens is 244 g/mol. The number of furan rings is 1. The molecule has 1 atom stereocenters. The molecule has 0 unspecified atom stereocenters. The van der Waals surface area contributed by atoms with Crippen LogP contribution in [0, 0.1) is 6.92 Å². The van der Waals surface area contributed by atoms with Crippen molar-refractivity contribution in [1.82, 2.24) is 10.3 Å². The third-order valence-electron chi connectivity index (χ3n) is 2.91. The van der Waals surface area contributed by atoms with Gasteiger partial charge in [0.25, 0.3) is 0 Å². The lowest BCUT2D eigenvalue weighted by molar-refractivity contribution is 0.0695. The predicted molar refractivity (Wildman–Crippen MR) is 69.9 cm³/mol. The van der Waals surface area contributed by atoms with E-state index in [0.29, 0.717) is 18.1 Å². The first-order valence-corrected chi connectivity index (χ1v) is 6.05. The molecule has 19 heavy (non-hydrogen) atoms. The molecule has 5 heteroatoms. The summed E-state index contributed by atoms with van der Waals surface area (Å²) in [5.41, 5.74) is 1.14. The van der Waals surface area contributed by atoms with Crippen molar-refractivity contribution in [3.8, 4) is 0 Å². The molecule has 0 aliphatic carbocycles. The van der Waals surface area contributed by atoms with Crippen LogP contribution in [0.15, 0.2) is 34.9 Å². The summed E-state index contributed by atoms with van der Waals surface area (Å²) in [6.07, 6.45) is 1.74. The molecule has 0 amide bonds. The van der Waals surface area contributed by atoms with Crippen LogP contribution < -0.4 is 5.32 Å². The van der Waals surface area contributed by atoms with Gasteiger partial charge in [0.2, 0.25) is 0 Å². The minimum atomic E-state index is -0.967.